The third-order valence-corrected chi connectivity index (χ3v) is 12.2. The Bertz CT molecular complexity index is 883. The maximum Gasteiger partial charge on any atom is 0.225 e. The monoisotopic (exact) mass is 602 g/mol. The third-order valence-electron chi connectivity index (χ3n) is 12.2. The number of nitrogens with zero attached hydrogens (tertiary/aromatic N) is 2. The van der Waals surface area contributed by atoms with Crippen molar-refractivity contribution >= 4 is 11.8 Å². The van der Waals surface area contributed by atoms with Crippen LogP contribution in [-0.2, 0) is 19.1 Å². The molecule has 5 rings (SSSR count). The molecule has 3 aliphatic heterocycles. The molecule has 5 fully saturated rings. The van der Waals surface area contributed by atoms with E-state index in [0.29, 0.717) is 30.5 Å². The average molecular weight is 603 g/mol. The van der Waals surface area contributed by atoms with Gasteiger partial charge in [-0.05, 0) is 101 Å². The summed E-state index contributed by atoms with van der Waals surface area (Å²) < 4.78 is 11.3. The fourth-order valence-electron chi connectivity index (χ4n) is 9.77. The summed E-state index contributed by atoms with van der Waals surface area (Å²) in [6.07, 6.45) is 11.7. The molecule has 0 aromatic heterocycles. The topological polar surface area (TPSA) is 83.1 Å². The van der Waals surface area contributed by atoms with Gasteiger partial charge in [0.2, 0.25) is 11.8 Å². The maximum atomic E-state index is 14.1. The number of morpholine rings is 1. The van der Waals surface area contributed by atoms with Crippen molar-refractivity contribution in [1.82, 2.24) is 20.4 Å². The number of nitrogens with one attached hydrogen (secondary N) is 2. The van der Waals surface area contributed by atoms with E-state index in [9.17, 15) is 9.59 Å². The van der Waals surface area contributed by atoms with E-state index in [0.717, 1.165) is 90.0 Å². The molecule has 43 heavy (non-hydrogen) atoms. The molecule has 0 radical (unpaired) electrons. The Morgan fingerprint density at radius 1 is 0.930 bits per heavy atom. The van der Waals surface area contributed by atoms with E-state index in [1.54, 1.807) is 0 Å². The van der Waals surface area contributed by atoms with Gasteiger partial charge < -0.3 is 20.1 Å². The van der Waals surface area contributed by atoms with Crippen molar-refractivity contribution in [3.63, 3.8) is 0 Å². The van der Waals surface area contributed by atoms with Crippen molar-refractivity contribution in [2.24, 2.45) is 41.4 Å². The molecule has 0 spiro atoms. The zero-order valence-electron chi connectivity index (χ0n) is 27.7. The number of carbonyl (C=O) groups is 2. The van der Waals surface area contributed by atoms with Gasteiger partial charge in [0, 0.05) is 63.4 Å². The lowest BCUT2D eigenvalue weighted by Crippen LogP contribution is -2.56. The Morgan fingerprint density at radius 2 is 1.63 bits per heavy atom. The lowest BCUT2D eigenvalue weighted by molar-refractivity contribution is -0.134. The lowest BCUT2D eigenvalue weighted by atomic mass is 9.62. The predicted molar refractivity (Wildman–Crippen MR) is 171 cm³/mol. The minimum atomic E-state index is -0.133. The van der Waals surface area contributed by atoms with Crippen LogP contribution in [0.5, 0.6) is 0 Å². The van der Waals surface area contributed by atoms with Crippen molar-refractivity contribution in [3.8, 4) is 0 Å². The van der Waals surface area contributed by atoms with Crippen LogP contribution in [0.3, 0.4) is 0 Å². The second-order valence-electron chi connectivity index (χ2n) is 14.8. The summed E-state index contributed by atoms with van der Waals surface area (Å²) in [4.78, 5) is 32.3. The summed E-state index contributed by atoms with van der Waals surface area (Å²) >= 11 is 0. The first-order valence-corrected chi connectivity index (χ1v) is 18.1. The highest BCUT2D eigenvalue weighted by molar-refractivity contribution is 5.83. The van der Waals surface area contributed by atoms with Crippen molar-refractivity contribution in [2.45, 2.75) is 110 Å². The number of amides is 2. The van der Waals surface area contributed by atoms with Gasteiger partial charge in [-0.25, -0.2) is 0 Å². The first kappa shape index (κ1) is 33.2. The molecule has 7 atom stereocenters. The summed E-state index contributed by atoms with van der Waals surface area (Å²) in [5.41, 5.74) is 0. The van der Waals surface area contributed by atoms with Crippen LogP contribution in [0.1, 0.15) is 91.9 Å². The van der Waals surface area contributed by atoms with Crippen molar-refractivity contribution in [1.29, 1.82) is 0 Å². The standard InChI is InChI=1S/C35H62N4O4/c1-5-30-31(34(40)36-22-32-24(3)19-25(4)37-35(32)41)20-28(21-33(30)39(6-2)29-11-15-42-16-12-29)27-9-7-26(8-10-27)23-38-13-17-43-18-14-38/h24-33H,5-23H2,1-4H3,(H,36,40)(H,37,41). The van der Waals surface area contributed by atoms with Crippen LogP contribution >= 0.6 is 0 Å². The molecule has 0 aromatic carbocycles. The Balaban J connectivity index is 1.27. The van der Waals surface area contributed by atoms with E-state index in [4.69, 9.17) is 9.47 Å². The molecule has 2 N–H and O–H groups in total. The molecule has 7 unspecified atom stereocenters. The molecule has 8 heteroatoms. The fourth-order valence-corrected chi connectivity index (χ4v) is 9.77. The van der Waals surface area contributed by atoms with Gasteiger partial charge in [-0.1, -0.05) is 27.2 Å². The van der Waals surface area contributed by atoms with E-state index in [2.05, 4.69) is 48.1 Å². The number of rotatable bonds is 10. The van der Waals surface area contributed by atoms with Crippen LogP contribution in [-0.4, -0.2) is 98.9 Å². The maximum absolute atomic E-state index is 14.1. The van der Waals surface area contributed by atoms with E-state index in [1.165, 1.54) is 38.6 Å². The van der Waals surface area contributed by atoms with Gasteiger partial charge in [0.15, 0.2) is 0 Å². The van der Waals surface area contributed by atoms with E-state index < -0.39 is 0 Å². The normalized spacial score (nSPS) is 38.5. The van der Waals surface area contributed by atoms with Crippen molar-refractivity contribution < 1.29 is 19.1 Å². The highest BCUT2D eigenvalue weighted by Crippen LogP contribution is 2.47. The fraction of sp³-hybridized carbons (Fsp3) is 0.943. The van der Waals surface area contributed by atoms with Crippen molar-refractivity contribution in [3.05, 3.63) is 0 Å². The molecule has 2 amide bonds. The molecular formula is C35H62N4O4. The van der Waals surface area contributed by atoms with Crippen LogP contribution in [0, 0.1) is 41.4 Å². The van der Waals surface area contributed by atoms with Gasteiger partial charge in [-0.15, -0.1) is 0 Å². The number of ether oxygens (including phenoxy) is 2. The quantitative estimate of drug-likeness (QED) is 0.388. The molecule has 5 aliphatic rings. The molecule has 246 valence electrons. The average Bonchev–Trinajstić information content (AvgIpc) is 3.02. The van der Waals surface area contributed by atoms with E-state index in [1.807, 2.05) is 0 Å². The predicted octanol–water partition coefficient (Wildman–Crippen LogP) is 4.32. The summed E-state index contributed by atoms with van der Waals surface area (Å²) in [6.45, 7) is 17.2. The number of piperidine rings is 1. The Labute approximate surface area is 261 Å². The minimum absolute atomic E-state index is 0.0228. The Hall–Kier alpha value is -1.22. The highest BCUT2D eigenvalue weighted by atomic mass is 16.5. The molecule has 2 aliphatic carbocycles. The molecular weight excluding hydrogens is 540 g/mol. The van der Waals surface area contributed by atoms with Crippen LogP contribution in [0.4, 0.5) is 0 Å². The Morgan fingerprint density at radius 3 is 2.28 bits per heavy atom. The van der Waals surface area contributed by atoms with Crippen LogP contribution < -0.4 is 10.6 Å². The van der Waals surface area contributed by atoms with Crippen LogP contribution in [0.25, 0.3) is 0 Å². The zero-order chi connectivity index (χ0) is 30.3. The highest BCUT2D eigenvalue weighted by Gasteiger charge is 2.46. The lowest BCUT2D eigenvalue weighted by Gasteiger charge is -2.51. The molecule has 2 saturated carbocycles. The largest absolute Gasteiger partial charge is 0.381 e. The van der Waals surface area contributed by atoms with E-state index in [-0.39, 0.29) is 35.6 Å². The van der Waals surface area contributed by atoms with Crippen LogP contribution in [0.15, 0.2) is 0 Å². The smallest absolute Gasteiger partial charge is 0.225 e. The summed E-state index contributed by atoms with van der Waals surface area (Å²) in [5, 5.41) is 6.45. The minimum Gasteiger partial charge on any atom is -0.381 e. The third kappa shape index (κ3) is 8.33. The van der Waals surface area contributed by atoms with Gasteiger partial charge in [-0.2, -0.15) is 0 Å². The van der Waals surface area contributed by atoms with E-state index >= 15 is 0 Å². The summed E-state index contributed by atoms with van der Waals surface area (Å²) in [6, 6.07) is 1.21. The Kier molecular flexibility index (Phi) is 12.2. The first-order chi connectivity index (χ1) is 20.9. The number of hydrogen-bond acceptors (Lipinski definition) is 6. The molecule has 0 aromatic rings. The van der Waals surface area contributed by atoms with Crippen LogP contribution in [0.2, 0.25) is 0 Å². The molecule has 0 bridgehead atoms. The molecule has 3 saturated heterocycles. The zero-order valence-corrected chi connectivity index (χ0v) is 27.7. The second kappa shape index (κ2) is 15.9. The van der Waals surface area contributed by atoms with Gasteiger partial charge >= 0.3 is 0 Å². The van der Waals surface area contributed by atoms with Gasteiger partial charge in [0.1, 0.15) is 0 Å². The number of carbonyl (C=O) groups excluding carboxylic acids is 2. The second-order valence-corrected chi connectivity index (χ2v) is 14.8. The molecule has 3 heterocycles. The molecule has 8 nitrogen and oxygen atoms in total. The van der Waals surface area contributed by atoms with Gasteiger partial charge in [-0.3, -0.25) is 19.4 Å². The van der Waals surface area contributed by atoms with Gasteiger partial charge in [0.05, 0.1) is 19.1 Å². The summed E-state index contributed by atoms with van der Waals surface area (Å²) in [7, 11) is 0. The van der Waals surface area contributed by atoms with Gasteiger partial charge in [0.25, 0.3) is 0 Å². The van der Waals surface area contributed by atoms with Crippen molar-refractivity contribution in [2.75, 3.05) is 59.2 Å². The number of hydrogen-bond donors (Lipinski definition) is 2. The SMILES string of the molecule is CCC1C(C(=O)NCC2C(=O)NC(C)CC2C)CC(C2CCC(CN3CCOCC3)CC2)CC1N(CC)C1CCOCC1. The first-order valence-electron chi connectivity index (χ1n) is 18.1. The summed E-state index contributed by atoms with van der Waals surface area (Å²) in [5.74, 6) is 2.95.